The Morgan fingerprint density at radius 2 is 1.95 bits per heavy atom. The van der Waals surface area contributed by atoms with Gasteiger partial charge in [0.2, 0.25) is 0 Å². The molecule has 0 radical (unpaired) electrons. The lowest BCUT2D eigenvalue weighted by atomic mass is 10.1. The number of nitrogens with two attached hydrogens (primary N) is 1. The van der Waals surface area contributed by atoms with Crippen molar-refractivity contribution in [2.24, 2.45) is 0 Å². The Bertz CT molecular complexity index is 708. The van der Waals surface area contributed by atoms with Crippen LogP contribution >= 0.6 is 39.1 Å². The van der Waals surface area contributed by atoms with Crippen LogP contribution in [-0.2, 0) is 0 Å². The minimum atomic E-state index is -0.378. The number of amides is 1. The van der Waals surface area contributed by atoms with Crippen LogP contribution in [0.4, 0.5) is 11.4 Å². The van der Waals surface area contributed by atoms with Crippen LogP contribution in [0.15, 0.2) is 34.8 Å². The first-order chi connectivity index (χ1) is 9.92. The molecule has 0 saturated carbocycles. The van der Waals surface area contributed by atoms with Gasteiger partial charge in [0.15, 0.2) is 5.75 Å². The van der Waals surface area contributed by atoms with E-state index in [0.29, 0.717) is 37.2 Å². The number of ether oxygens (including phenoxy) is 1. The van der Waals surface area contributed by atoms with E-state index in [-0.39, 0.29) is 5.91 Å². The van der Waals surface area contributed by atoms with E-state index in [9.17, 15) is 4.79 Å². The highest BCUT2D eigenvalue weighted by atomic mass is 79.9. The molecule has 1 amide bonds. The fourth-order valence-corrected chi connectivity index (χ4v) is 2.94. The second-order valence-corrected chi connectivity index (χ2v) is 5.88. The highest BCUT2D eigenvalue weighted by Crippen LogP contribution is 2.36. The van der Waals surface area contributed by atoms with Crippen molar-refractivity contribution in [1.29, 1.82) is 0 Å². The maximum Gasteiger partial charge on any atom is 0.257 e. The first-order valence-corrected chi connectivity index (χ1v) is 7.36. The van der Waals surface area contributed by atoms with Crippen molar-refractivity contribution in [2.75, 3.05) is 18.2 Å². The number of nitrogens with one attached hydrogen (secondary N) is 1. The molecule has 0 spiro atoms. The van der Waals surface area contributed by atoms with Gasteiger partial charge in [-0.2, -0.15) is 0 Å². The summed E-state index contributed by atoms with van der Waals surface area (Å²) in [6.45, 7) is 0. The molecule has 2 aromatic carbocycles. The minimum Gasteiger partial charge on any atom is -0.493 e. The fourth-order valence-electron chi connectivity index (χ4n) is 1.79. The predicted octanol–water partition coefficient (Wildman–Crippen LogP) is 4.60. The maximum atomic E-state index is 12.3. The third-order valence-electron chi connectivity index (χ3n) is 2.72. The average Bonchev–Trinajstić information content (AvgIpc) is 2.37. The Hall–Kier alpha value is -1.43. The summed E-state index contributed by atoms with van der Waals surface area (Å²) in [5, 5.41) is 3.64. The van der Waals surface area contributed by atoms with Crippen molar-refractivity contribution in [3.8, 4) is 5.75 Å². The molecule has 0 unspecified atom stereocenters. The number of rotatable bonds is 3. The number of nitrogen functional groups attached to an aromatic ring is 1. The molecule has 7 heteroatoms. The van der Waals surface area contributed by atoms with Crippen LogP contribution in [0.5, 0.6) is 5.75 Å². The van der Waals surface area contributed by atoms with Crippen molar-refractivity contribution in [3.63, 3.8) is 0 Å². The summed E-state index contributed by atoms with van der Waals surface area (Å²) in [6.07, 6.45) is 0. The van der Waals surface area contributed by atoms with E-state index >= 15 is 0 Å². The smallest absolute Gasteiger partial charge is 0.257 e. The van der Waals surface area contributed by atoms with E-state index in [1.165, 1.54) is 13.2 Å². The van der Waals surface area contributed by atoms with E-state index in [0.717, 1.165) is 0 Å². The molecule has 0 bridgehead atoms. The van der Waals surface area contributed by atoms with Crippen LogP contribution in [0.1, 0.15) is 10.4 Å². The van der Waals surface area contributed by atoms with Gasteiger partial charge in [0.1, 0.15) is 0 Å². The second kappa shape index (κ2) is 6.56. The topological polar surface area (TPSA) is 64.3 Å². The summed E-state index contributed by atoms with van der Waals surface area (Å²) < 4.78 is 5.88. The minimum absolute atomic E-state index is 0.292. The molecule has 0 heterocycles. The lowest BCUT2D eigenvalue weighted by Gasteiger charge is -2.13. The van der Waals surface area contributed by atoms with Gasteiger partial charge in [-0.1, -0.05) is 23.2 Å². The average molecular weight is 390 g/mol. The van der Waals surface area contributed by atoms with Crippen LogP contribution in [0.2, 0.25) is 10.0 Å². The molecular formula is C14H11BrCl2N2O2. The van der Waals surface area contributed by atoms with Gasteiger partial charge in [-0.3, -0.25) is 4.79 Å². The van der Waals surface area contributed by atoms with E-state index < -0.39 is 0 Å². The number of hydrogen-bond acceptors (Lipinski definition) is 3. The van der Waals surface area contributed by atoms with E-state index in [1.807, 2.05) is 0 Å². The van der Waals surface area contributed by atoms with Gasteiger partial charge in [0.05, 0.1) is 22.8 Å². The van der Waals surface area contributed by atoms with Crippen molar-refractivity contribution < 1.29 is 9.53 Å². The molecule has 0 aliphatic rings. The number of carbonyl (C=O) groups excluding carboxylic acids is 1. The van der Waals surface area contributed by atoms with Crippen molar-refractivity contribution in [2.45, 2.75) is 0 Å². The van der Waals surface area contributed by atoms with Crippen molar-refractivity contribution in [3.05, 3.63) is 50.4 Å². The zero-order chi connectivity index (χ0) is 15.6. The Balaban J connectivity index is 2.35. The number of methoxy groups -OCH3 is 1. The summed E-state index contributed by atoms with van der Waals surface area (Å²) in [6, 6.07) is 7.93. The zero-order valence-electron chi connectivity index (χ0n) is 10.9. The van der Waals surface area contributed by atoms with Crippen molar-refractivity contribution >= 4 is 56.4 Å². The first-order valence-electron chi connectivity index (χ1n) is 5.81. The molecule has 0 aromatic heterocycles. The fraction of sp³-hybridized carbons (Fsp3) is 0.0714. The zero-order valence-corrected chi connectivity index (χ0v) is 14.0. The highest BCUT2D eigenvalue weighted by molar-refractivity contribution is 9.10. The number of benzene rings is 2. The monoisotopic (exact) mass is 388 g/mol. The molecule has 0 atom stereocenters. The molecule has 2 rings (SSSR count). The molecular weight excluding hydrogens is 379 g/mol. The lowest BCUT2D eigenvalue weighted by molar-refractivity contribution is 0.102. The number of carbonyl (C=O) groups is 1. The third-order valence-corrected chi connectivity index (χ3v) is 3.76. The summed E-state index contributed by atoms with van der Waals surface area (Å²) in [5.74, 6) is 0.0944. The van der Waals surface area contributed by atoms with E-state index in [2.05, 4.69) is 21.2 Å². The van der Waals surface area contributed by atoms with Crippen molar-refractivity contribution in [1.82, 2.24) is 0 Å². The Labute approximate surface area is 140 Å². The summed E-state index contributed by atoms with van der Waals surface area (Å²) in [7, 11) is 1.50. The third kappa shape index (κ3) is 3.61. The molecule has 21 heavy (non-hydrogen) atoms. The van der Waals surface area contributed by atoms with Gasteiger partial charge in [-0.25, -0.2) is 0 Å². The van der Waals surface area contributed by atoms with Gasteiger partial charge in [0.25, 0.3) is 5.91 Å². The molecule has 0 aliphatic heterocycles. The summed E-state index contributed by atoms with van der Waals surface area (Å²) >= 11 is 15.1. The van der Waals surface area contributed by atoms with E-state index in [1.54, 1.807) is 24.3 Å². The molecule has 2 aromatic rings. The standard InChI is InChI=1S/C14H11BrCl2N2O2/c1-21-13-10(15)4-8(17)6-12(13)19-14(20)9-3-2-7(16)5-11(9)18/h2-6H,18H2,1H3,(H,19,20). The van der Waals surface area contributed by atoms with Crippen LogP contribution in [0, 0.1) is 0 Å². The lowest BCUT2D eigenvalue weighted by Crippen LogP contribution is -2.14. The van der Waals surface area contributed by atoms with Crippen LogP contribution in [0.25, 0.3) is 0 Å². The molecule has 0 aliphatic carbocycles. The first kappa shape index (κ1) is 15.9. The van der Waals surface area contributed by atoms with Crippen LogP contribution in [0.3, 0.4) is 0 Å². The molecule has 110 valence electrons. The van der Waals surface area contributed by atoms with Crippen LogP contribution < -0.4 is 15.8 Å². The van der Waals surface area contributed by atoms with Gasteiger partial charge in [-0.05, 0) is 46.3 Å². The molecule has 4 nitrogen and oxygen atoms in total. The maximum absolute atomic E-state index is 12.3. The van der Waals surface area contributed by atoms with Gasteiger partial charge >= 0.3 is 0 Å². The predicted molar refractivity (Wildman–Crippen MR) is 89.5 cm³/mol. The number of hydrogen-bond donors (Lipinski definition) is 2. The Morgan fingerprint density at radius 1 is 1.24 bits per heavy atom. The van der Waals surface area contributed by atoms with Gasteiger partial charge in [-0.15, -0.1) is 0 Å². The van der Waals surface area contributed by atoms with Crippen LogP contribution in [-0.4, -0.2) is 13.0 Å². The number of halogens is 3. The normalized spacial score (nSPS) is 10.3. The quantitative estimate of drug-likeness (QED) is 0.754. The second-order valence-electron chi connectivity index (χ2n) is 4.15. The Kier molecular flexibility index (Phi) is 4.98. The Morgan fingerprint density at radius 3 is 2.57 bits per heavy atom. The molecule has 0 saturated heterocycles. The van der Waals surface area contributed by atoms with Gasteiger partial charge in [0, 0.05) is 15.7 Å². The van der Waals surface area contributed by atoms with E-state index in [4.69, 9.17) is 33.7 Å². The SMILES string of the molecule is COc1c(Br)cc(Cl)cc1NC(=O)c1ccc(Cl)cc1N. The molecule has 0 fully saturated rings. The number of anilines is 2. The largest absolute Gasteiger partial charge is 0.493 e. The highest BCUT2D eigenvalue weighted by Gasteiger charge is 2.15. The van der Waals surface area contributed by atoms with Gasteiger partial charge < -0.3 is 15.8 Å². The summed E-state index contributed by atoms with van der Waals surface area (Å²) in [5.41, 5.74) is 6.84. The molecule has 3 N–H and O–H groups in total. The summed E-state index contributed by atoms with van der Waals surface area (Å²) in [4.78, 5) is 12.3.